The van der Waals surface area contributed by atoms with Gasteiger partial charge in [-0.3, -0.25) is 9.78 Å². The molecule has 3 aromatic rings. The molecule has 1 saturated heterocycles. The SMILES string of the molecule is C[Si](C)(C)CCOCn1ccc2c(C(=O)NCC3CCOCC3)cc(-c3cncs3)cc21. The summed E-state index contributed by atoms with van der Waals surface area (Å²) in [6.45, 7) is 10.6. The van der Waals surface area contributed by atoms with Crippen LogP contribution in [-0.2, 0) is 16.2 Å². The summed E-state index contributed by atoms with van der Waals surface area (Å²) >= 11 is 1.58. The van der Waals surface area contributed by atoms with Gasteiger partial charge >= 0.3 is 0 Å². The molecule has 4 rings (SSSR count). The number of hydrogen-bond donors (Lipinski definition) is 1. The minimum atomic E-state index is -1.13. The molecule has 0 atom stereocenters. The van der Waals surface area contributed by atoms with Gasteiger partial charge in [-0.25, -0.2) is 0 Å². The molecule has 0 bridgehead atoms. The first kappa shape index (κ1) is 23.2. The third-order valence-corrected chi connectivity index (χ3v) is 8.50. The number of thiazole rings is 1. The Balaban J connectivity index is 1.56. The molecule has 172 valence electrons. The zero-order chi connectivity index (χ0) is 22.6. The number of amides is 1. The van der Waals surface area contributed by atoms with Crippen LogP contribution in [0.25, 0.3) is 21.3 Å². The number of nitrogens with one attached hydrogen (secondary N) is 1. The smallest absolute Gasteiger partial charge is 0.252 e. The molecule has 6 nitrogen and oxygen atoms in total. The van der Waals surface area contributed by atoms with Crippen molar-refractivity contribution in [1.29, 1.82) is 0 Å². The Labute approximate surface area is 195 Å². The van der Waals surface area contributed by atoms with Crippen molar-refractivity contribution < 1.29 is 14.3 Å². The van der Waals surface area contributed by atoms with Crippen molar-refractivity contribution in [3.63, 3.8) is 0 Å². The van der Waals surface area contributed by atoms with Gasteiger partial charge in [0, 0.05) is 57.8 Å². The average Bonchev–Trinajstić information content (AvgIpc) is 3.45. The van der Waals surface area contributed by atoms with E-state index in [0.717, 1.165) is 60.0 Å². The first-order chi connectivity index (χ1) is 15.4. The Morgan fingerprint density at radius 1 is 1.31 bits per heavy atom. The number of carbonyl (C=O) groups is 1. The summed E-state index contributed by atoms with van der Waals surface area (Å²) in [5.41, 5.74) is 4.56. The predicted octanol–water partition coefficient (Wildman–Crippen LogP) is 5.23. The van der Waals surface area contributed by atoms with E-state index >= 15 is 0 Å². The molecule has 3 heterocycles. The number of fused-ring (bicyclic) bond motifs is 1. The van der Waals surface area contributed by atoms with Crippen LogP contribution in [-0.4, -0.2) is 49.9 Å². The lowest BCUT2D eigenvalue weighted by atomic mass is 10.00. The van der Waals surface area contributed by atoms with Crippen LogP contribution < -0.4 is 5.32 Å². The van der Waals surface area contributed by atoms with E-state index in [1.54, 1.807) is 11.3 Å². The van der Waals surface area contributed by atoms with E-state index in [1.165, 1.54) is 0 Å². The van der Waals surface area contributed by atoms with E-state index < -0.39 is 8.07 Å². The van der Waals surface area contributed by atoms with Crippen molar-refractivity contribution in [2.75, 3.05) is 26.4 Å². The standard InChI is InChI=1S/C24H33N3O3SSi/c1-32(2,3)11-10-30-17-27-7-4-20-21(24(28)26-14-18-5-8-29-9-6-18)12-19(13-22(20)27)23-15-25-16-31-23/h4,7,12-13,15-16,18H,5-6,8-11,14,17H2,1-3H3,(H,26,28). The van der Waals surface area contributed by atoms with Crippen molar-refractivity contribution in [3.05, 3.63) is 41.7 Å². The number of hydrogen-bond acceptors (Lipinski definition) is 5. The van der Waals surface area contributed by atoms with E-state index in [4.69, 9.17) is 9.47 Å². The summed E-state index contributed by atoms with van der Waals surface area (Å²) in [5.74, 6) is 0.461. The molecule has 32 heavy (non-hydrogen) atoms. The van der Waals surface area contributed by atoms with E-state index in [2.05, 4.69) is 40.6 Å². The molecule has 1 N–H and O–H groups in total. The summed E-state index contributed by atoms with van der Waals surface area (Å²) in [6, 6.07) is 7.29. The molecule has 1 aliphatic heterocycles. The summed E-state index contributed by atoms with van der Waals surface area (Å²) in [5, 5.41) is 4.12. The lowest BCUT2D eigenvalue weighted by Crippen LogP contribution is -2.32. The molecule has 1 aliphatic rings. The van der Waals surface area contributed by atoms with Crippen molar-refractivity contribution in [2.45, 2.75) is 45.3 Å². The Bertz CT molecular complexity index is 1040. The molecule has 1 fully saturated rings. The monoisotopic (exact) mass is 471 g/mol. The molecule has 2 aromatic heterocycles. The molecule has 0 saturated carbocycles. The zero-order valence-electron chi connectivity index (χ0n) is 19.2. The van der Waals surface area contributed by atoms with Crippen molar-refractivity contribution in [2.24, 2.45) is 5.92 Å². The van der Waals surface area contributed by atoms with Gasteiger partial charge in [0.1, 0.15) is 6.73 Å². The van der Waals surface area contributed by atoms with Gasteiger partial charge in [0.25, 0.3) is 5.91 Å². The maximum Gasteiger partial charge on any atom is 0.252 e. The van der Waals surface area contributed by atoms with Crippen molar-refractivity contribution in [1.82, 2.24) is 14.9 Å². The highest BCUT2D eigenvalue weighted by molar-refractivity contribution is 7.13. The van der Waals surface area contributed by atoms with Crippen LogP contribution in [0.1, 0.15) is 23.2 Å². The largest absolute Gasteiger partial charge is 0.381 e. The topological polar surface area (TPSA) is 65.4 Å². The second-order valence-corrected chi connectivity index (χ2v) is 16.2. The number of carbonyl (C=O) groups excluding carboxylic acids is 1. The number of rotatable bonds is 9. The van der Waals surface area contributed by atoms with Crippen LogP contribution in [0.4, 0.5) is 0 Å². The number of ether oxygens (including phenoxy) is 2. The molecule has 1 aromatic carbocycles. The molecular weight excluding hydrogens is 438 g/mol. The van der Waals surface area contributed by atoms with Gasteiger partial charge < -0.3 is 19.4 Å². The average molecular weight is 472 g/mol. The third kappa shape index (κ3) is 5.86. The number of aromatic nitrogens is 2. The van der Waals surface area contributed by atoms with Gasteiger partial charge in [0.2, 0.25) is 0 Å². The van der Waals surface area contributed by atoms with E-state index in [9.17, 15) is 4.79 Å². The van der Waals surface area contributed by atoms with Crippen LogP contribution in [0.15, 0.2) is 36.1 Å². The minimum absolute atomic E-state index is 0.0229. The van der Waals surface area contributed by atoms with Gasteiger partial charge in [-0.2, -0.15) is 0 Å². The summed E-state index contributed by atoms with van der Waals surface area (Å²) < 4.78 is 13.5. The molecule has 0 unspecified atom stereocenters. The first-order valence-electron chi connectivity index (χ1n) is 11.4. The maximum atomic E-state index is 13.2. The van der Waals surface area contributed by atoms with E-state index in [1.807, 2.05) is 30.0 Å². The number of benzene rings is 1. The lowest BCUT2D eigenvalue weighted by Gasteiger charge is -2.22. The normalized spacial score (nSPS) is 15.3. The van der Waals surface area contributed by atoms with Gasteiger partial charge in [0.15, 0.2) is 0 Å². The molecule has 0 spiro atoms. The molecular formula is C24H33N3O3SSi. The highest BCUT2D eigenvalue weighted by Gasteiger charge is 2.19. The van der Waals surface area contributed by atoms with Gasteiger partial charge in [-0.15, -0.1) is 11.3 Å². The highest BCUT2D eigenvalue weighted by atomic mass is 32.1. The third-order valence-electron chi connectivity index (χ3n) is 5.97. The lowest BCUT2D eigenvalue weighted by molar-refractivity contribution is 0.0643. The summed E-state index contributed by atoms with van der Waals surface area (Å²) in [4.78, 5) is 18.5. The van der Waals surface area contributed by atoms with E-state index in [-0.39, 0.29) is 5.91 Å². The molecule has 0 radical (unpaired) electrons. The fourth-order valence-corrected chi connectivity index (χ4v) is 5.29. The molecule has 1 amide bonds. The fourth-order valence-electron chi connectivity index (χ4n) is 3.92. The Morgan fingerprint density at radius 2 is 2.12 bits per heavy atom. The second-order valence-electron chi connectivity index (χ2n) is 9.72. The van der Waals surface area contributed by atoms with Crippen LogP contribution in [0, 0.1) is 5.92 Å². The second kappa shape index (κ2) is 10.3. The maximum absolute atomic E-state index is 13.2. The Morgan fingerprint density at radius 3 is 2.84 bits per heavy atom. The quantitative estimate of drug-likeness (QED) is 0.343. The van der Waals surface area contributed by atoms with Crippen molar-refractivity contribution in [3.8, 4) is 10.4 Å². The number of nitrogens with zero attached hydrogens (tertiary/aromatic N) is 2. The van der Waals surface area contributed by atoms with Crippen LogP contribution >= 0.6 is 11.3 Å². The van der Waals surface area contributed by atoms with Crippen LogP contribution in [0.2, 0.25) is 25.7 Å². The molecule has 0 aliphatic carbocycles. The van der Waals surface area contributed by atoms with Crippen molar-refractivity contribution >= 4 is 36.2 Å². The summed E-state index contributed by atoms with van der Waals surface area (Å²) in [7, 11) is -1.13. The van der Waals surface area contributed by atoms with Gasteiger partial charge in [0.05, 0.1) is 15.9 Å². The highest BCUT2D eigenvalue weighted by Crippen LogP contribution is 2.31. The van der Waals surface area contributed by atoms with Gasteiger partial charge in [-0.05, 0) is 48.6 Å². The summed E-state index contributed by atoms with van der Waals surface area (Å²) in [6.07, 6.45) is 5.88. The Kier molecular flexibility index (Phi) is 7.45. The first-order valence-corrected chi connectivity index (χ1v) is 15.9. The fraction of sp³-hybridized carbons (Fsp3) is 0.500. The zero-order valence-corrected chi connectivity index (χ0v) is 21.0. The Hall–Kier alpha value is -2.00. The van der Waals surface area contributed by atoms with Crippen LogP contribution in [0.3, 0.4) is 0 Å². The van der Waals surface area contributed by atoms with Gasteiger partial charge in [-0.1, -0.05) is 19.6 Å². The molecule has 8 heteroatoms. The predicted molar refractivity (Wildman–Crippen MR) is 133 cm³/mol. The van der Waals surface area contributed by atoms with E-state index in [0.29, 0.717) is 24.8 Å². The minimum Gasteiger partial charge on any atom is -0.381 e. The van der Waals surface area contributed by atoms with Crippen LogP contribution in [0.5, 0.6) is 0 Å².